The zero-order valence-corrected chi connectivity index (χ0v) is 12.7. The molecular formula is C13H17ClN2O3S. The van der Waals surface area contributed by atoms with Crippen LogP contribution in [0.25, 0.3) is 0 Å². The summed E-state index contributed by atoms with van der Waals surface area (Å²) in [6.07, 6.45) is 0.625. The number of nitrogens with zero attached hydrogens (tertiary/aromatic N) is 1. The van der Waals surface area contributed by atoms with Crippen LogP contribution < -0.4 is 5.32 Å². The summed E-state index contributed by atoms with van der Waals surface area (Å²) in [6, 6.07) is 3.44. The molecular weight excluding hydrogens is 300 g/mol. The minimum atomic E-state index is -0.834. The third-order valence-electron chi connectivity index (χ3n) is 3.34. The SMILES string of the molecule is CC1CC(C(=O)O)CN(C(=O)NCc2ccc(Cl)s2)C1. The molecule has 20 heavy (non-hydrogen) atoms. The fourth-order valence-corrected chi connectivity index (χ4v) is 3.44. The smallest absolute Gasteiger partial charge is 0.317 e. The Bertz CT molecular complexity index is 506. The van der Waals surface area contributed by atoms with Crippen LogP contribution in [-0.2, 0) is 11.3 Å². The number of thiophene rings is 1. The molecule has 2 unspecified atom stereocenters. The summed E-state index contributed by atoms with van der Waals surface area (Å²) >= 11 is 7.25. The normalized spacial score (nSPS) is 22.6. The highest BCUT2D eigenvalue weighted by Gasteiger charge is 2.31. The molecule has 5 nitrogen and oxygen atoms in total. The molecule has 1 saturated heterocycles. The van der Waals surface area contributed by atoms with E-state index in [0.717, 1.165) is 4.88 Å². The van der Waals surface area contributed by atoms with Gasteiger partial charge in [-0.05, 0) is 24.5 Å². The monoisotopic (exact) mass is 316 g/mol. The second kappa shape index (κ2) is 6.45. The number of piperidine rings is 1. The van der Waals surface area contributed by atoms with Crippen LogP contribution in [-0.4, -0.2) is 35.1 Å². The van der Waals surface area contributed by atoms with Crippen molar-refractivity contribution in [3.8, 4) is 0 Å². The summed E-state index contributed by atoms with van der Waals surface area (Å²) in [4.78, 5) is 25.7. The molecule has 1 aliphatic heterocycles. The van der Waals surface area contributed by atoms with Crippen molar-refractivity contribution in [3.63, 3.8) is 0 Å². The summed E-state index contributed by atoms with van der Waals surface area (Å²) in [7, 11) is 0. The summed E-state index contributed by atoms with van der Waals surface area (Å²) in [5.74, 6) is -1.10. The summed E-state index contributed by atoms with van der Waals surface area (Å²) in [6.45, 7) is 3.25. The first kappa shape index (κ1) is 15.1. The molecule has 2 N–H and O–H groups in total. The van der Waals surface area contributed by atoms with Gasteiger partial charge >= 0.3 is 12.0 Å². The lowest BCUT2D eigenvalue weighted by Gasteiger charge is -2.34. The maximum absolute atomic E-state index is 12.1. The lowest BCUT2D eigenvalue weighted by Crippen LogP contribution is -2.49. The van der Waals surface area contributed by atoms with Crippen molar-refractivity contribution in [3.05, 3.63) is 21.3 Å². The lowest BCUT2D eigenvalue weighted by molar-refractivity contribution is -0.143. The number of carbonyl (C=O) groups is 2. The topological polar surface area (TPSA) is 69.6 Å². The summed E-state index contributed by atoms with van der Waals surface area (Å²) in [5, 5.41) is 11.9. The highest BCUT2D eigenvalue weighted by molar-refractivity contribution is 7.16. The molecule has 2 rings (SSSR count). The van der Waals surface area contributed by atoms with Gasteiger partial charge in [-0.3, -0.25) is 4.79 Å². The number of hydrogen-bond donors (Lipinski definition) is 2. The van der Waals surface area contributed by atoms with Gasteiger partial charge in [-0.15, -0.1) is 11.3 Å². The molecule has 2 atom stereocenters. The predicted molar refractivity (Wildman–Crippen MR) is 78.0 cm³/mol. The van der Waals surface area contributed by atoms with Crippen LogP contribution in [0.4, 0.5) is 4.79 Å². The number of carboxylic acid groups (broad SMARTS) is 1. The quantitative estimate of drug-likeness (QED) is 0.900. The van der Waals surface area contributed by atoms with Crippen molar-refractivity contribution in [1.82, 2.24) is 10.2 Å². The molecule has 0 aliphatic carbocycles. The molecule has 110 valence electrons. The largest absolute Gasteiger partial charge is 0.481 e. The predicted octanol–water partition coefficient (Wildman–Crippen LogP) is 2.65. The number of urea groups is 1. The van der Waals surface area contributed by atoms with Gasteiger partial charge in [-0.25, -0.2) is 4.79 Å². The van der Waals surface area contributed by atoms with Gasteiger partial charge in [0.2, 0.25) is 0 Å². The maximum Gasteiger partial charge on any atom is 0.317 e. The van der Waals surface area contributed by atoms with Crippen molar-refractivity contribution >= 4 is 34.9 Å². The fraction of sp³-hybridized carbons (Fsp3) is 0.538. The van der Waals surface area contributed by atoms with E-state index in [4.69, 9.17) is 16.7 Å². The van der Waals surface area contributed by atoms with Crippen molar-refractivity contribution in [2.75, 3.05) is 13.1 Å². The van der Waals surface area contributed by atoms with E-state index in [1.54, 1.807) is 11.0 Å². The molecule has 2 amide bonds. The Kier molecular flexibility index (Phi) is 4.88. The van der Waals surface area contributed by atoms with Gasteiger partial charge in [0.1, 0.15) is 0 Å². The Hall–Kier alpha value is -1.27. The van der Waals surface area contributed by atoms with E-state index in [0.29, 0.717) is 23.8 Å². The Balaban J connectivity index is 1.89. The van der Waals surface area contributed by atoms with Gasteiger partial charge in [0.05, 0.1) is 16.8 Å². The van der Waals surface area contributed by atoms with Crippen molar-refractivity contribution in [2.24, 2.45) is 11.8 Å². The Morgan fingerprint density at radius 1 is 1.50 bits per heavy atom. The number of likely N-dealkylation sites (tertiary alicyclic amines) is 1. The van der Waals surface area contributed by atoms with Crippen LogP contribution in [0, 0.1) is 11.8 Å². The number of halogens is 1. The molecule has 0 aromatic carbocycles. The molecule has 0 spiro atoms. The second-order valence-corrected chi connectivity index (χ2v) is 6.95. The number of aliphatic carboxylic acids is 1. The van der Waals surface area contributed by atoms with Gasteiger partial charge < -0.3 is 15.3 Å². The van der Waals surface area contributed by atoms with E-state index in [2.05, 4.69) is 5.32 Å². The molecule has 1 fully saturated rings. The molecule has 1 aliphatic rings. The number of nitrogens with one attached hydrogen (secondary N) is 1. The maximum atomic E-state index is 12.1. The van der Waals surface area contributed by atoms with Crippen LogP contribution in [0.2, 0.25) is 4.34 Å². The van der Waals surface area contributed by atoms with Crippen LogP contribution in [0.15, 0.2) is 12.1 Å². The highest BCUT2D eigenvalue weighted by Crippen LogP contribution is 2.23. The van der Waals surface area contributed by atoms with Crippen LogP contribution in [0.1, 0.15) is 18.2 Å². The number of rotatable bonds is 3. The minimum absolute atomic E-state index is 0.201. The Morgan fingerprint density at radius 3 is 2.85 bits per heavy atom. The standard InChI is InChI=1S/C13H17ClN2O3S/c1-8-4-9(12(17)18)7-16(6-8)13(19)15-5-10-2-3-11(14)20-10/h2-3,8-9H,4-7H2,1H3,(H,15,19)(H,17,18). The average molecular weight is 317 g/mol. The molecule has 0 bridgehead atoms. The molecule has 1 aromatic rings. The number of carboxylic acids is 1. The number of carbonyl (C=O) groups excluding carboxylic acids is 1. The number of amides is 2. The zero-order chi connectivity index (χ0) is 14.7. The van der Waals surface area contributed by atoms with Gasteiger partial charge in [0.25, 0.3) is 0 Å². The molecule has 0 radical (unpaired) electrons. The third kappa shape index (κ3) is 3.86. The molecule has 2 heterocycles. The van der Waals surface area contributed by atoms with E-state index in [1.165, 1.54) is 11.3 Å². The first-order valence-corrected chi connectivity index (χ1v) is 7.65. The van der Waals surface area contributed by atoms with Crippen molar-refractivity contribution in [1.29, 1.82) is 0 Å². The summed E-state index contributed by atoms with van der Waals surface area (Å²) in [5.41, 5.74) is 0. The van der Waals surface area contributed by atoms with E-state index < -0.39 is 11.9 Å². The summed E-state index contributed by atoms with van der Waals surface area (Å²) < 4.78 is 0.687. The van der Waals surface area contributed by atoms with E-state index in [9.17, 15) is 9.59 Å². The Morgan fingerprint density at radius 2 is 2.25 bits per heavy atom. The first-order valence-electron chi connectivity index (χ1n) is 6.45. The lowest BCUT2D eigenvalue weighted by atomic mass is 9.91. The first-order chi connectivity index (χ1) is 9.45. The minimum Gasteiger partial charge on any atom is -0.481 e. The van der Waals surface area contributed by atoms with Gasteiger partial charge in [0.15, 0.2) is 0 Å². The zero-order valence-electron chi connectivity index (χ0n) is 11.1. The molecule has 7 heteroatoms. The van der Waals surface area contributed by atoms with Gasteiger partial charge in [-0.1, -0.05) is 18.5 Å². The fourth-order valence-electron chi connectivity index (χ4n) is 2.42. The highest BCUT2D eigenvalue weighted by atomic mass is 35.5. The average Bonchev–Trinajstić information content (AvgIpc) is 2.81. The van der Waals surface area contributed by atoms with Crippen LogP contribution in [0.3, 0.4) is 0 Å². The van der Waals surface area contributed by atoms with Crippen molar-refractivity contribution < 1.29 is 14.7 Å². The molecule has 0 saturated carbocycles. The van der Waals surface area contributed by atoms with E-state index in [-0.39, 0.29) is 18.5 Å². The van der Waals surface area contributed by atoms with E-state index >= 15 is 0 Å². The van der Waals surface area contributed by atoms with E-state index in [1.807, 2.05) is 13.0 Å². The van der Waals surface area contributed by atoms with Gasteiger partial charge in [0, 0.05) is 18.0 Å². The van der Waals surface area contributed by atoms with Crippen LogP contribution >= 0.6 is 22.9 Å². The number of hydrogen-bond acceptors (Lipinski definition) is 3. The van der Waals surface area contributed by atoms with Crippen LogP contribution in [0.5, 0.6) is 0 Å². The Labute approximate surface area is 126 Å². The third-order valence-corrected chi connectivity index (χ3v) is 4.57. The van der Waals surface area contributed by atoms with Gasteiger partial charge in [-0.2, -0.15) is 0 Å². The molecule has 1 aromatic heterocycles. The van der Waals surface area contributed by atoms with Crippen molar-refractivity contribution in [2.45, 2.75) is 19.9 Å². The second-order valence-electron chi connectivity index (χ2n) is 5.15.